The summed E-state index contributed by atoms with van der Waals surface area (Å²) in [6, 6.07) is 0. The third-order valence-corrected chi connectivity index (χ3v) is 4.59. The van der Waals surface area contributed by atoms with Gasteiger partial charge in [0.05, 0.1) is 0 Å². The Morgan fingerprint density at radius 2 is 1.80 bits per heavy atom. The first-order chi connectivity index (χ1) is 9.40. The van der Waals surface area contributed by atoms with E-state index in [4.69, 9.17) is 16.7 Å². The number of hydrogen-bond acceptors (Lipinski definition) is 4. The van der Waals surface area contributed by atoms with Crippen molar-refractivity contribution in [3.63, 3.8) is 0 Å². The predicted molar refractivity (Wildman–Crippen MR) is 72.7 cm³/mol. The van der Waals surface area contributed by atoms with E-state index in [0.717, 1.165) is 0 Å². The largest absolute Gasteiger partial charge is 0.409 e. The van der Waals surface area contributed by atoms with E-state index in [-0.39, 0.29) is 23.6 Å². The van der Waals surface area contributed by atoms with Gasteiger partial charge in [0.2, 0.25) is 11.8 Å². The van der Waals surface area contributed by atoms with Crippen LogP contribution in [0.25, 0.3) is 0 Å². The maximum Gasteiger partial charge on any atom is 0.236 e. The number of hydrogen-bond donors (Lipinski definition) is 3. The Labute approximate surface area is 118 Å². The summed E-state index contributed by atoms with van der Waals surface area (Å²) in [5, 5.41) is 12.0. The monoisotopic (exact) mass is 282 g/mol. The molecule has 2 aliphatic rings. The number of carbonyl (C=O) groups excluding carboxylic acids is 2. The molecule has 7 nitrogen and oxygen atoms in total. The maximum atomic E-state index is 12.7. The number of nitrogens with zero attached hydrogens (tertiary/aromatic N) is 2. The molecule has 20 heavy (non-hydrogen) atoms. The molecule has 1 saturated heterocycles. The number of nitrogens with two attached hydrogens (primary N) is 2. The first kappa shape index (κ1) is 14.6. The smallest absolute Gasteiger partial charge is 0.236 e. The van der Waals surface area contributed by atoms with E-state index in [2.05, 4.69) is 5.16 Å². The fourth-order valence-corrected chi connectivity index (χ4v) is 3.39. The summed E-state index contributed by atoms with van der Waals surface area (Å²) in [4.78, 5) is 25.5. The summed E-state index contributed by atoms with van der Waals surface area (Å²) in [6.07, 6.45) is 2.39. The number of likely N-dealkylation sites (tertiary alicyclic amines) is 1. The summed E-state index contributed by atoms with van der Waals surface area (Å²) >= 11 is 0. The summed E-state index contributed by atoms with van der Waals surface area (Å²) in [5.74, 6) is -0.159. The number of oxime groups is 1. The molecule has 1 heterocycles. The molecule has 0 unspecified atom stereocenters. The van der Waals surface area contributed by atoms with Gasteiger partial charge in [0.15, 0.2) is 5.84 Å². The Balaban J connectivity index is 2.06. The average molecular weight is 282 g/mol. The molecule has 0 bridgehead atoms. The van der Waals surface area contributed by atoms with Crippen molar-refractivity contribution in [1.82, 2.24) is 4.90 Å². The first-order valence-electron chi connectivity index (χ1n) is 6.97. The van der Waals surface area contributed by atoms with Crippen LogP contribution in [-0.4, -0.2) is 40.8 Å². The Morgan fingerprint density at radius 1 is 1.25 bits per heavy atom. The van der Waals surface area contributed by atoms with Gasteiger partial charge in [0.25, 0.3) is 0 Å². The van der Waals surface area contributed by atoms with Crippen molar-refractivity contribution in [2.45, 2.75) is 32.6 Å². The van der Waals surface area contributed by atoms with Gasteiger partial charge in [0, 0.05) is 19.0 Å². The van der Waals surface area contributed by atoms with Crippen LogP contribution < -0.4 is 11.5 Å². The van der Waals surface area contributed by atoms with Gasteiger partial charge in [-0.25, -0.2) is 0 Å². The van der Waals surface area contributed by atoms with Gasteiger partial charge in [0.1, 0.15) is 5.41 Å². The van der Waals surface area contributed by atoms with Crippen LogP contribution in [0.2, 0.25) is 0 Å². The second kappa shape index (κ2) is 5.30. The van der Waals surface area contributed by atoms with Gasteiger partial charge in [-0.1, -0.05) is 12.1 Å². The SMILES string of the molecule is CC1CC(C(=O)N2CCC(C(N)=O)CC2)(C(N)=NO)C1. The minimum atomic E-state index is -0.853. The van der Waals surface area contributed by atoms with Gasteiger partial charge in [-0.2, -0.15) is 0 Å². The lowest BCUT2D eigenvalue weighted by atomic mass is 9.61. The first-order valence-corrected chi connectivity index (χ1v) is 6.97. The second-order valence-electron chi connectivity index (χ2n) is 6.05. The van der Waals surface area contributed by atoms with Crippen molar-refractivity contribution in [2.24, 2.45) is 33.9 Å². The summed E-state index contributed by atoms with van der Waals surface area (Å²) < 4.78 is 0. The number of piperidine rings is 1. The van der Waals surface area contributed by atoms with Crippen LogP contribution in [0.1, 0.15) is 32.6 Å². The Kier molecular flexibility index (Phi) is 3.87. The zero-order valence-electron chi connectivity index (χ0n) is 11.7. The fraction of sp³-hybridized carbons (Fsp3) is 0.769. The number of amidine groups is 1. The van der Waals surface area contributed by atoms with Crippen molar-refractivity contribution in [2.75, 3.05) is 13.1 Å². The molecule has 2 amide bonds. The van der Waals surface area contributed by atoms with Crippen molar-refractivity contribution >= 4 is 17.6 Å². The van der Waals surface area contributed by atoms with Gasteiger partial charge < -0.3 is 21.6 Å². The highest BCUT2D eigenvalue weighted by molar-refractivity contribution is 6.07. The Bertz CT molecular complexity index is 435. The van der Waals surface area contributed by atoms with Crippen LogP contribution in [0.3, 0.4) is 0 Å². The highest BCUT2D eigenvalue weighted by Gasteiger charge is 2.54. The third kappa shape index (κ3) is 2.32. The van der Waals surface area contributed by atoms with Gasteiger partial charge >= 0.3 is 0 Å². The molecule has 1 saturated carbocycles. The van der Waals surface area contributed by atoms with Crippen LogP contribution in [0.4, 0.5) is 0 Å². The summed E-state index contributed by atoms with van der Waals surface area (Å²) in [5.41, 5.74) is 10.2. The van der Waals surface area contributed by atoms with Crippen LogP contribution in [0.5, 0.6) is 0 Å². The van der Waals surface area contributed by atoms with E-state index in [9.17, 15) is 9.59 Å². The predicted octanol–water partition coefficient (Wildman–Crippen LogP) is -0.127. The van der Waals surface area contributed by atoms with Crippen LogP contribution in [0.15, 0.2) is 5.16 Å². The van der Waals surface area contributed by atoms with Crippen molar-refractivity contribution in [3.05, 3.63) is 0 Å². The Hall–Kier alpha value is -1.79. The molecule has 0 spiro atoms. The number of rotatable bonds is 3. The molecule has 1 aliphatic heterocycles. The molecule has 0 aromatic carbocycles. The molecule has 0 aromatic rings. The van der Waals surface area contributed by atoms with Crippen molar-refractivity contribution < 1.29 is 14.8 Å². The lowest BCUT2D eigenvalue weighted by molar-refractivity contribution is -0.146. The van der Waals surface area contributed by atoms with E-state index < -0.39 is 5.41 Å². The minimum Gasteiger partial charge on any atom is -0.409 e. The standard InChI is InChI=1S/C13H22N4O3/c1-8-6-13(7-8,11(15)16-20)12(19)17-4-2-9(3-5-17)10(14)18/h8-9,20H,2-7H2,1H3,(H2,14,18)(H2,15,16). The molecular formula is C13H22N4O3. The minimum absolute atomic E-state index is 0.00220. The molecule has 7 heteroatoms. The summed E-state index contributed by atoms with van der Waals surface area (Å²) in [6.45, 7) is 3.04. The zero-order chi connectivity index (χ0) is 14.9. The molecule has 112 valence electrons. The zero-order valence-corrected chi connectivity index (χ0v) is 11.7. The van der Waals surface area contributed by atoms with Crippen LogP contribution in [-0.2, 0) is 9.59 Å². The molecule has 0 aromatic heterocycles. The van der Waals surface area contributed by atoms with Crippen molar-refractivity contribution in [3.8, 4) is 0 Å². The molecule has 5 N–H and O–H groups in total. The topological polar surface area (TPSA) is 122 Å². The molecular weight excluding hydrogens is 260 g/mol. The fourth-order valence-electron chi connectivity index (χ4n) is 3.39. The lowest BCUT2D eigenvalue weighted by Crippen LogP contribution is -2.59. The number of amides is 2. The molecule has 2 rings (SSSR count). The van der Waals surface area contributed by atoms with Gasteiger partial charge in [-0.05, 0) is 31.6 Å². The quantitative estimate of drug-likeness (QED) is 0.289. The van der Waals surface area contributed by atoms with Crippen LogP contribution >= 0.6 is 0 Å². The van der Waals surface area contributed by atoms with E-state index in [0.29, 0.717) is 44.7 Å². The number of carbonyl (C=O) groups is 2. The lowest BCUT2D eigenvalue weighted by Gasteiger charge is -2.47. The second-order valence-corrected chi connectivity index (χ2v) is 6.05. The highest BCUT2D eigenvalue weighted by Crippen LogP contribution is 2.47. The normalized spacial score (nSPS) is 31.8. The molecule has 2 fully saturated rings. The van der Waals surface area contributed by atoms with E-state index in [1.54, 1.807) is 4.90 Å². The number of primary amides is 1. The Morgan fingerprint density at radius 3 is 2.20 bits per heavy atom. The van der Waals surface area contributed by atoms with Crippen LogP contribution in [0, 0.1) is 17.3 Å². The van der Waals surface area contributed by atoms with Gasteiger partial charge in [-0.3, -0.25) is 9.59 Å². The molecule has 0 atom stereocenters. The van der Waals surface area contributed by atoms with Gasteiger partial charge in [-0.15, -0.1) is 0 Å². The maximum absolute atomic E-state index is 12.7. The van der Waals surface area contributed by atoms with E-state index in [1.165, 1.54) is 0 Å². The average Bonchev–Trinajstić information content (AvgIpc) is 2.42. The van der Waals surface area contributed by atoms with Crippen molar-refractivity contribution in [1.29, 1.82) is 0 Å². The summed E-state index contributed by atoms with van der Waals surface area (Å²) in [7, 11) is 0. The van der Waals surface area contributed by atoms with E-state index >= 15 is 0 Å². The molecule has 1 aliphatic carbocycles. The highest BCUT2D eigenvalue weighted by atomic mass is 16.4. The van der Waals surface area contributed by atoms with E-state index in [1.807, 2.05) is 6.92 Å². The third-order valence-electron chi connectivity index (χ3n) is 4.59. The molecule has 0 radical (unpaired) electrons.